The van der Waals surface area contributed by atoms with E-state index in [-0.39, 0.29) is 5.75 Å². The Hall–Kier alpha value is -1.86. The van der Waals surface area contributed by atoms with Gasteiger partial charge in [0.2, 0.25) is 10.0 Å². The number of nitrogens with zero attached hydrogens (tertiary/aromatic N) is 2. The summed E-state index contributed by atoms with van der Waals surface area (Å²) in [6, 6.07) is 10.1. The van der Waals surface area contributed by atoms with Gasteiger partial charge in [-0.2, -0.15) is 9.52 Å². The standard InChI is InChI=1S/C14H14N2O3S2/c1-21(18,19)16-12(10-5-2-3-6-13(10)17)9-11(15-16)14-7-4-8-20-14/h2-8,12,17H,9H2,1H3/t12-/m0/s1. The maximum atomic E-state index is 12.0. The molecule has 1 N–H and O–H groups in total. The monoisotopic (exact) mass is 322 g/mol. The third-order valence-corrected chi connectivity index (χ3v) is 5.25. The number of benzene rings is 1. The van der Waals surface area contributed by atoms with Gasteiger partial charge in [0.05, 0.1) is 22.9 Å². The summed E-state index contributed by atoms with van der Waals surface area (Å²) in [4.78, 5) is 0.946. The molecule has 0 saturated carbocycles. The number of hydrogen-bond donors (Lipinski definition) is 1. The molecule has 0 bridgehead atoms. The molecule has 3 rings (SSSR count). The number of phenolic OH excluding ortho intramolecular Hbond substituents is 1. The minimum atomic E-state index is -3.50. The average molecular weight is 322 g/mol. The number of para-hydroxylation sites is 1. The summed E-state index contributed by atoms with van der Waals surface area (Å²) in [6.45, 7) is 0. The number of aromatic hydroxyl groups is 1. The molecule has 1 atom stereocenters. The molecule has 0 saturated heterocycles. The summed E-state index contributed by atoms with van der Waals surface area (Å²) < 4.78 is 25.1. The van der Waals surface area contributed by atoms with Crippen LogP contribution in [-0.2, 0) is 10.0 Å². The van der Waals surface area contributed by atoms with E-state index in [1.165, 1.54) is 11.3 Å². The molecule has 1 aromatic carbocycles. The number of sulfonamides is 1. The highest BCUT2D eigenvalue weighted by atomic mass is 32.2. The van der Waals surface area contributed by atoms with Gasteiger partial charge in [0, 0.05) is 12.0 Å². The molecule has 1 aliphatic rings. The van der Waals surface area contributed by atoms with Gasteiger partial charge in [-0.05, 0) is 17.5 Å². The highest BCUT2D eigenvalue weighted by Crippen LogP contribution is 2.38. The topological polar surface area (TPSA) is 70.0 Å². The van der Waals surface area contributed by atoms with Crippen molar-refractivity contribution < 1.29 is 13.5 Å². The van der Waals surface area contributed by atoms with Gasteiger partial charge in [-0.3, -0.25) is 0 Å². The maximum Gasteiger partial charge on any atom is 0.247 e. The lowest BCUT2D eigenvalue weighted by atomic mass is 10.0. The highest BCUT2D eigenvalue weighted by molar-refractivity contribution is 7.88. The van der Waals surface area contributed by atoms with Crippen molar-refractivity contribution in [3.63, 3.8) is 0 Å². The van der Waals surface area contributed by atoms with Crippen LogP contribution in [-0.4, -0.2) is 29.9 Å². The summed E-state index contributed by atoms with van der Waals surface area (Å²) in [7, 11) is -3.50. The Morgan fingerprint density at radius 1 is 1.29 bits per heavy atom. The number of hydrazone groups is 1. The number of thiophene rings is 1. The van der Waals surface area contributed by atoms with E-state index >= 15 is 0 Å². The molecule has 0 spiro atoms. The van der Waals surface area contributed by atoms with E-state index in [9.17, 15) is 13.5 Å². The first kappa shape index (κ1) is 14.1. The Morgan fingerprint density at radius 3 is 2.67 bits per heavy atom. The molecule has 0 aliphatic carbocycles. The fourth-order valence-corrected chi connectivity index (χ4v) is 4.01. The summed E-state index contributed by atoms with van der Waals surface area (Å²) in [6.07, 6.45) is 1.58. The molecule has 0 unspecified atom stereocenters. The Morgan fingerprint density at radius 2 is 2.05 bits per heavy atom. The van der Waals surface area contributed by atoms with Crippen molar-refractivity contribution in [2.75, 3.05) is 6.26 Å². The van der Waals surface area contributed by atoms with Crippen LogP contribution in [0.4, 0.5) is 0 Å². The van der Waals surface area contributed by atoms with Crippen LogP contribution in [0.15, 0.2) is 46.9 Å². The Bertz CT molecular complexity index is 782. The fraction of sp³-hybridized carbons (Fsp3) is 0.214. The minimum Gasteiger partial charge on any atom is -0.508 e. The quantitative estimate of drug-likeness (QED) is 0.944. The normalized spacial score (nSPS) is 18.8. The predicted octanol–water partition coefficient (Wildman–Crippen LogP) is 2.56. The van der Waals surface area contributed by atoms with Crippen LogP contribution in [0.5, 0.6) is 5.75 Å². The molecule has 2 heterocycles. The summed E-state index contributed by atoms with van der Waals surface area (Å²) >= 11 is 1.52. The van der Waals surface area contributed by atoms with Gasteiger partial charge in [0.15, 0.2) is 0 Å². The first-order valence-corrected chi connectivity index (χ1v) is 9.08. The first-order chi connectivity index (χ1) is 9.97. The smallest absolute Gasteiger partial charge is 0.247 e. The van der Waals surface area contributed by atoms with Gasteiger partial charge in [0.1, 0.15) is 5.75 Å². The van der Waals surface area contributed by atoms with E-state index < -0.39 is 16.1 Å². The van der Waals surface area contributed by atoms with Gasteiger partial charge in [-0.25, -0.2) is 8.42 Å². The number of hydrogen-bond acceptors (Lipinski definition) is 5. The second-order valence-corrected chi connectivity index (χ2v) is 7.63. The highest BCUT2D eigenvalue weighted by Gasteiger charge is 2.35. The van der Waals surface area contributed by atoms with Gasteiger partial charge in [-0.1, -0.05) is 24.3 Å². The van der Waals surface area contributed by atoms with E-state index in [1.807, 2.05) is 17.5 Å². The summed E-state index contributed by atoms with van der Waals surface area (Å²) in [5.74, 6) is 0.0822. The van der Waals surface area contributed by atoms with E-state index in [4.69, 9.17) is 0 Å². The molecule has 0 amide bonds. The molecular weight excluding hydrogens is 308 g/mol. The van der Waals surface area contributed by atoms with Crippen LogP contribution in [0.3, 0.4) is 0 Å². The van der Waals surface area contributed by atoms with Crippen molar-refractivity contribution in [3.8, 4) is 5.75 Å². The SMILES string of the molecule is CS(=O)(=O)N1N=C(c2cccs2)C[C@H]1c1ccccc1O. The molecule has 110 valence electrons. The van der Waals surface area contributed by atoms with E-state index in [0.29, 0.717) is 12.0 Å². The lowest BCUT2D eigenvalue weighted by Gasteiger charge is -2.21. The van der Waals surface area contributed by atoms with Gasteiger partial charge >= 0.3 is 0 Å². The molecule has 0 radical (unpaired) electrons. The zero-order valence-electron chi connectivity index (χ0n) is 11.3. The van der Waals surface area contributed by atoms with Gasteiger partial charge < -0.3 is 5.11 Å². The molecule has 1 aliphatic heterocycles. The third-order valence-electron chi connectivity index (χ3n) is 3.31. The zero-order chi connectivity index (χ0) is 15.0. The van der Waals surface area contributed by atoms with Crippen LogP contribution in [0.1, 0.15) is 22.9 Å². The predicted molar refractivity (Wildman–Crippen MR) is 83.0 cm³/mol. The molecule has 0 fully saturated rings. The van der Waals surface area contributed by atoms with Crippen LogP contribution in [0.25, 0.3) is 0 Å². The van der Waals surface area contributed by atoms with Gasteiger partial charge in [0.25, 0.3) is 0 Å². The molecule has 1 aromatic heterocycles. The fourth-order valence-electron chi connectivity index (χ4n) is 2.39. The van der Waals surface area contributed by atoms with Crippen molar-refractivity contribution in [1.82, 2.24) is 4.41 Å². The van der Waals surface area contributed by atoms with Crippen LogP contribution < -0.4 is 0 Å². The minimum absolute atomic E-state index is 0.0822. The van der Waals surface area contributed by atoms with Crippen LogP contribution in [0.2, 0.25) is 0 Å². The molecular formula is C14H14N2O3S2. The number of rotatable bonds is 3. The third kappa shape index (κ3) is 2.66. The van der Waals surface area contributed by atoms with Crippen molar-refractivity contribution in [2.24, 2.45) is 5.10 Å². The Labute approximate surface area is 127 Å². The summed E-state index contributed by atoms with van der Waals surface area (Å²) in [5.41, 5.74) is 1.29. The largest absolute Gasteiger partial charge is 0.508 e. The van der Waals surface area contributed by atoms with E-state index in [0.717, 1.165) is 21.3 Å². The Kier molecular flexibility index (Phi) is 3.46. The maximum absolute atomic E-state index is 12.0. The zero-order valence-corrected chi connectivity index (χ0v) is 12.9. The second kappa shape index (κ2) is 5.16. The average Bonchev–Trinajstić information content (AvgIpc) is 3.07. The first-order valence-electron chi connectivity index (χ1n) is 6.35. The van der Waals surface area contributed by atoms with Gasteiger partial charge in [-0.15, -0.1) is 11.3 Å². The van der Waals surface area contributed by atoms with Crippen molar-refractivity contribution in [1.29, 1.82) is 0 Å². The summed E-state index contributed by atoms with van der Waals surface area (Å²) in [5, 5.41) is 16.2. The van der Waals surface area contributed by atoms with Crippen LogP contribution >= 0.6 is 11.3 Å². The van der Waals surface area contributed by atoms with Crippen molar-refractivity contribution in [3.05, 3.63) is 52.2 Å². The van der Waals surface area contributed by atoms with E-state index in [2.05, 4.69) is 5.10 Å². The lowest BCUT2D eigenvalue weighted by Crippen LogP contribution is -2.25. The van der Waals surface area contributed by atoms with E-state index in [1.54, 1.807) is 24.3 Å². The van der Waals surface area contributed by atoms with Crippen molar-refractivity contribution >= 4 is 27.1 Å². The molecule has 21 heavy (non-hydrogen) atoms. The Balaban J connectivity index is 2.04. The molecule has 2 aromatic rings. The van der Waals surface area contributed by atoms with Crippen LogP contribution in [0, 0.1) is 0 Å². The molecule has 5 nitrogen and oxygen atoms in total. The molecule has 7 heteroatoms. The number of phenols is 1. The van der Waals surface area contributed by atoms with Crippen molar-refractivity contribution in [2.45, 2.75) is 12.5 Å². The second-order valence-electron chi connectivity index (χ2n) is 4.84. The lowest BCUT2D eigenvalue weighted by molar-refractivity contribution is 0.361.